The fourth-order valence-electron chi connectivity index (χ4n) is 3.73. The molecule has 0 atom stereocenters. The van der Waals surface area contributed by atoms with E-state index in [4.69, 9.17) is 0 Å². The van der Waals surface area contributed by atoms with Gasteiger partial charge in [-0.2, -0.15) is 0 Å². The lowest BCUT2D eigenvalue weighted by Gasteiger charge is -2.44. The average Bonchev–Trinajstić information content (AvgIpc) is 3.04. The van der Waals surface area contributed by atoms with E-state index in [2.05, 4.69) is 34.1 Å². The Labute approximate surface area is 126 Å². The lowest BCUT2D eigenvalue weighted by atomic mass is 9.85. The molecule has 4 heteroatoms. The van der Waals surface area contributed by atoms with E-state index >= 15 is 0 Å². The molecule has 2 aliphatic rings. The number of carboxylic acids is 1. The van der Waals surface area contributed by atoms with Gasteiger partial charge in [-0.25, -0.2) is 0 Å². The van der Waals surface area contributed by atoms with Crippen LogP contribution in [-0.2, 0) is 11.3 Å². The van der Waals surface area contributed by atoms with E-state index in [0.29, 0.717) is 0 Å². The van der Waals surface area contributed by atoms with Crippen LogP contribution in [0.2, 0.25) is 0 Å². The number of carbonyl (C=O) groups is 1. The summed E-state index contributed by atoms with van der Waals surface area (Å²) in [5.41, 5.74) is 0.699. The van der Waals surface area contributed by atoms with Crippen LogP contribution < -0.4 is 0 Å². The molecule has 1 aromatic rings. The molecule has 0 aromatic heterocycles. The van der Waals surface area contributed by atoms with E-state index < -0.39 is 11.5 Å². The quantitative estimate of drug-likeness (QED) is 0.922. The van der Waals surface area contributed by atoms with Crippen molar-refractivity contribution < 1.29 is 9.90 Å². The maximum absolute atomic E-state index is 11.9. The molecule has 0 bridgehead atoms. The molecule has 2 aliphatic heterocycles. The van der Waals surface area contributed by atoms with Crippen molar-refractivity contribution in [1.29, 1.82) is 0 Å². The fraction of sp³-hybridized carbons (Fsp3) is 0.588. The third-order valence-electron chi connectivity index (χ3n) is 5.04. The molecule has 4 nitrogen and oxygen atoms in total. The second-order valence-electron chi connectivity index (χ2n) is 6.29. The molecule has 0 spiro atoms. The minimum absolute atomic E-state index is 0.607. The highest BCUT2D eigenvalue weighted by Crippen LogP contribution is 2.32. The molecule has 2 saturated heterocycles. The summed E-state index contributed by atoms with van der Waals surface area (Å²) in [6, 6.07) is 10.4. The van der Waals surface area contributed by atoms with Gasteiger partial charge in [0.2, 0.25) is 0 Å². The van der Waals surface area contributed by atoms with Gasteiger partial charge in [-0.15, -0.1) is 0 Å². The van der Waals surface area contributed by atoms with Crippen molar-refractivity contribution >= 4 is 5.97 Å². The number of nitrogens with zero attached hydrogens (tertiary/aromatic N) is 2. The summed E-state index contributed by atoms with van der Waals surface area (Å²) in [6.45, 7) is 4.57. The van der Waals surface area contributed by atoms with Gasteiger partial charge in [0.1, 0.15) is 5.54 Å². The van der Waals surface area contributed by atoms with E-state index in [-0.39, 0.29) is 0 Å². The van der Waals surface area contributed by atoms with Crippen LogP contribution in [-0.4, -0.2) is 52.6 Å². The van der Waals surface area contributed by atoms with Crippen LogP contribution in [0.5, 0.6) is 0 Å². The maximum atomic E-state index is 11.9. The van der Waals surface area contributed by atoms with Crippen LogP contribution in [0.1, 0.15) is 31.2 Å². The van der Waals surface area contributed by atoms with Gasteiger partial charge >= 0.3 is 5.97 Å². The summed E-state index contributed by atoms with van der Waals surface area (Å²) < 4.78 is 0. The van der Waals surface area contributed by atoms with Gasteiger partial charge in [0, 0.05) is 19.6 Å². The highest BCUT2D eigenvalue weighted by atomic mass is 16.4. The first-order chi connectivity index (χ1) is 10.2. The van der Waals surface area contributed by atoms with E-state index in [1.54, 1.807) is 0 Å². The molecule has 0 aliphatic carbocycles. The van der Waals surface area contributed by atoms with Crippen molar-refractivity contribution in [3.63, 3.8) is 0 Å². The predicted octanol–water partition coefficient (Wildman–Crippen LogP) is 2.20. The lowest BCUT2D eigenvalue weighted by Crippen LogP contribution is -2.59. The van der Waals surface area contributed by atoms with Gasteiger partial charge in [0.15, 0.2) is 0 Å². The summed E-state index contributed by atoms with van der Waals surface area (Å²) in [4.78, 5) is 16.5. The Bertz CT molecular complexity index is 475. The first-order valence-corrected chi connectivity index (χ1v) is 7.95. The number of piperidine rings is 1. The summed E-state index contributed by atoms with van der Waals surface area (Å²) in [6.07, 6.45) is 3.77. The molecule has 1 N–H and O–H groups in total. The normalized spacial score (nSPS) is 23.2. The van der Waals surface area contributed by atoms with Crippen LogP contribution in [0.15, 0.2) is 30.3 Å². The third-order valence-corrected chi connectivity index (χ3v) is 5.04. The van der Waals surface area contributed by atoms with Gasteiger partial charge in [0.25, 0.3) is 0 Å². The molecule has 21 heavy (non-hydrogen) atoms. The zero-order valence-corrected chi connectivity index (χ0v) is 12.5. The van der Waals surface area contributed by atoms with Gasteiger partial charge in [-0.1, -0.05) is 30.3 Å². The topological polar surface area (TPSA) is 43.8 Å². The van der Waals surface area contributed by atoms with Crippen molar-refractivity contribution in [3.05, 3.63) is 35.9 Å². The van der Waals surface area contributed by atoms with Crippen molar-refractivity contribution in [1.82, 2.24) is 9.80 Å². The molecule has 2 fully saturated rings. The van der Waals surface area contributed by atoms with E-state index in [0.717, 1.165) is 58.4 Å². The second kappa shape index (κ2) is 6.16. The minimum atomic E-state index is -0.622. The molecule has 0 unspecified atom stereocenters. The van der Waals surface area contributed by atoms with Crippen molar-refractivity contribution in [2.75, 3.05) is 26.2 Å². The van der Waals surface area contributed by atoms with Crippen molar-refractivity contribution in [2.24, 2.45) is 0 Å². The van der Waals surface area contributed by atoms with Gasteiger partial charge in [-0.05, 0) is 44.3 Å². The first-order valence-electron chi connectivity index (χ1n) is 7.95. The van der Waals surface area contributed by atoms with Crippen LogP contribution >= 0.6 is 0 Å². The monoisotopic (exact) mass is 288 g/mol. The van der Waals surface area contributed by atoms with Crippen LogP contribution in [0.4, 0.5) is 0 Å². The zero-order valence-electron chi connectivity index (χ0n) is 12.5. The molecule has 114 valence electrons. The Morgan fingerprint density at radius 1 is 1.05 bits per heavy atom. The molecule has 3 rings (SSSR count). The minimum Gasteiger partial charge on any atom is -0.480 e. The number of hydrogen-bond acceptors (Lipinski definition) is 3. The molecule has 0 radical (unpaired) electrons. The lowest BCUT2D eigenvalue weighted by molar-refractivity contribution is -0.154. The Balaban J connectivity index is 1.63. The maximum Gasteiger partial charge on any atom is 0.324 e. The highest BCUT2D eigenvalue weighted by molar-refractivity contribution is 5.79. The van der Waals surface area contributed by atoms with Crippen LogP contribution in [0, 0.1) is 0 Å². The Kier molecular flexibility index (Phi) is 4.27. The van der Waals surface area contributed by atoms with E-state index in [1.165, 1.54) is 5.56 Å². The average molecular weight is 288 g/mol. The predicted molar refractivity (Wildman–Crippen MR) is 82.1 cm³/mol. The second-order valence-corrected chi connectivity index (χ2v) is 6.29. The SMILES string of the molecule is O=C(O)C1(N2CCCC2)CCN(Cc2ccccc2)CC1. The summed E-state index contributed by atoms with van der Waals surface area (Å²) in [5, 5.41) is 9.76. The number of benzene rings is 1. The first kappa shape index (κ1) is 14.5. The largest absolute Gasteiger partial charge is 0.480 e. The molecule has 1 aromatic carbocycles. The number of carboxylic acid groups (broad SMARTS) is 1. The molecule has 2 heterocycles. The summed E-state index contributed by atoms with van der Waals surface area (Å²) >= 11 is 0. The van der Waals surface area contributed by atoms with Crippen molar-refractivity contribution in [2.45, 2.75) is 37.8 Å². The van der Waals surface area contributed by atoms with E-state index in [9.17, 15) is 9.90 Å². The molecular formula is C17H24N2O2. The number of likely N-dealkylation sites (tertiary alicyclic amines) is 2. The van der Waals surface area contributed by atoms with Crippen molar-refractivity contribution in [3.8, 4) is 0 Å². The summed E-state index contributed by atoms with van der Waals surface area (Å²) in [5.74, 6) is -0.622. The molecule has 0 amide bonds. The van der Waals surface area contributed by atoms with Crippen LogP contribution in [0.25, 0.3) is 0 Å². The van der Waals surface area contributed by atoms with Gasteiger partial charge in [-0.3, -0.25) is 14.6 Å². The number of aliphatic carboxylic acids is 1. The standard InChI is InChI=1S/C17H24N2O2/c20-16(21)17(19-10-4-5-11-19)8-12-18(13-9-17)14-15-6-2-1-3-7-15/h1-3,6-7H,4-5,8-14H2,(H,20,21). The Morgan fingerprint density at radius 2 is 1.67 bits per heavy atom. The van der Waals surface area contributed by atoms with Gasteiger partial charge in [0.05, 0.1) is 0 Å². The molecular weight excluding hydrogens is 264 g/mol. The smallest absolute Gasteiger partial charge is 0.324 e. The van der Waals surface area contributed by atoms with Gasteiger partial charge < -0.3 is 5.11 Å². The number of hydrogen-bond donors (Lipinski definition) is 1. The molecule has 0 saturated carbocycles. The fourth-order valence-corrected chi connectivity index (χ4v) is 3.73. The zero-order chi connectivity index (χ0) is 14.7. The van der Waals surface area contributed by atoms with E-state index in [1.807, 2.05) is 6.07 Å². The number of rotatable bonds is 4. The summed E-state index contributed by atoms with van der Waals surface area (Å²) in [7, 11) is 0. The third kappa shape index (κ3) is 2.97. The Morgan fingerprint density at radius 3 is 2.24 bits per heavy atom. The highest BCUT2D eigenvalue weighted by Gasteiger charge is 2.46. The Hall–Kier alpha value is -1.39. The van der Waals surface area contributed by atoms with Crippen LogP contribution in [0.3, 0.4) is 0 Å².